The number of ether oxygens (including phenoxy) is 2. The van der Waals surface area contributed by atoms with Crippen LogP contribution in [0.1, 0.15) is 40.1 Å². The van der Waals surface area contributed by atoms with Crippen LogP contribution in [0.2, 0.25) is 0 Å². The Kier molecular flexibility index (Phi) is 5.02. The number of Topliss-reactive ketones (excluding diaryl/α,β-unsaturated/α-hetero) is 1. The van der Waals surface area contributed by atoms with Crippen molar-refractivity contribution < 1.29 is 36.6 Å². The lowest BCUT2D eigenvalue weighted by molar-refractivity contribution is -0.209. The molecule has 1 aliphatic heterocycles. The summed E-state index contributed by atoms with van der Waals surface area (Å²) in [5.74, 6) is -4.18. The first kappa shape index (κ1) is 20.6. The summed E-state index contributed by atoms with van der Waals surface area (Å²) in [6, 6.07) is 5.59. The van der Waals surface area contributed by atoms with Crippen LogP contribution in [0.25, 0.3) is 0 Å². The summed E-state index contributed by atoms with van der Waals surface area (Å²) >= 11 is 0. The highest BCUT2D eigenvalue weighted by Gasteiger charge is 2.40. The van der Waals surface area contributed by atoms with Gasteiger partial charge in [-0.25, -0.2) is 8.78 Å². The van der Waals surface area contributed by atoms with Crippen molar-refractivity contribution in [3.05, 3.63) is 58.7 Å². The predicted octanol–water partition coefficient (Wildman–Crippen LogP) is 4.03. The quantitative estimate of drug-likeness (QED) is 0.610. The molecule has 1 heterocycles. The zero-order valence-electron chi connectivity index (χ0n) is 15.7. The van der Waals surface area contributed by atoms with Crippen molar-refractivity contribution in [2.75, 3.05) is 6.61 Å². The summed E-state index contributed by atoms with van der Waals surface area (Å²) in [4.78, 5) is 25.3. The van der Waals surface area contributed by atoms with Crippen LogP contribution in [-0.2, 0) is 0 Å². The van der Waals surface area contributed by atoms with Gasteiger partial charge >= 0.3 is 6.11 Å². The summed E-state index contributed by atoms with van der Waals surface area (Å²) < 4.78 is 64.3. The summed E-state index contributed by atoms with van der Waals surface area (Å²) in [7, 11) is 0. The van der Waals surface area contributed by atoms with E-state index in [2.05, 4.69) is 10.1 Å². The lowest BCUT2D eigenvalue weighted by Gasteiger charge is -2.29. The van der Waals surface area contributed by atoms with Gasteiger partial charge in [-0.15, -0.1) is 0 Å². The molecular formula is C20H17F4NO4. The normalized spacial score (nSPS) is 15.0. The van der Waals surface area contributed by atoms with Gasteiger partial charge in [0.25, 0.3) is 5.91 Å². The Labute approximate surface area is 163 Å². The zero-order valence-corrected chi connectivity index (χ0v) is 15.7. The fourth-order valence-corrected chi connectivity index (χ4v) is 2.95. The van der Waals surface area contributed by atoms with E-state index in [0.29, 0.717) is 0 Å². The largest absolute Gasteiger partial charge is 0.479 e. The van der Waals surface area contributed by atoms with E-state index in [4.69, 9.17) is 4.74 Å². The van der Waals surface area contributed by atoms with Crippen molar-refractivity contribution in [2.45, 2.75) is 32.4 Å². The average Bonchev–Trinajstić information content (AvgIpc) is 2.61. The Balaban J connectivity index is 1.91. The smallest absolute Gasteiger partial charge is 0.433 e. The third-order valence-electron chi connectivity index (χ3n) is 4.44. The van der Waals surface area contributed by atoms with Crippen LogP contribution >= 0.6 is 0 Å². The lowest BCUT2D eigenvalue weighted by atomic mass is 9.89. The van der Waals surface area contributed by atoms with E-state index in [9.17, 15) is 27.2 Å². The number of hydrogen-bond acceptors (Lipinski definition) is 4. The van der Waals surface area contributed by atoms with Gasteiger partial charge in [-0.2, -0.15) is 8.78 Å². The molecule has 0 unspecified atom stereocenters. The van der Waals surface area contributed by atoms with Gasteiger partial charge in [0.1, 0.15) is 17.2 Å². The molecule has 0 bridgehead atoms. The highest BCUT2D eigenvalue weighted by molar-refractivity contribution is 6.08. The van der Waals surface area contributed by atoms with Gasteiger partial charge in [-0.3, -0.25) is 9.59 Å². The SMILES string of the molecule is Cc1c(C(=O)C(C)(C)NC(=O)c2c(F)cccc2F)ccc2c1OC(F)(F)CO2. The fraction of sp³-hybridized carbons (Fsp3) is 0.300. The molecule has 0 spiro atoms. The molecule has 0 fully saturated rings. The molecule has 1 amide bonds. The molecule has 2 aromatic rings. The predicted molar refractivity (Wildman–Crippen MR) is 94.5 cm³/mol. The van der Waals surface area contributed by atoms with Crippen LogP contribution in [0.15, 0.2) is 30.3 Å². The van der Waals surface area contributed by atoms with E-state index in [1.807, 2.05) is 0 Å². The van der Waals surface area contributed by atoms with Crippen molar-refractivity contribution in [3.63, 3.8) is 0 Å². The van der Waals surface area contributed by atoms with E-state index in [-0.39, 0.29) is 22.6 Å². The molecule has 29 heavy (non-hydrogen) atoms. The van der Waals surface area contributed by atoms with E-state index >= 15 is 0 Å². The number of nitrogens with one attached hydrogen (secondary N) is 1. The second-order valence-electron chi connectivity index (χ2n) is 7.10. The number of hydrogen-bond donors (Lipinski definition) is 1. The highest BCUT2D eigenvalue weighted by Crippen LogP contribution is 2.41. The molecule has 0 saturated carbocycles. The van der Waals surface area contributed by atoms with Crippen LogP contribution in [0.3, 0.4) is 0 Å². The lowest BCUT2D eigenvalue weighted by Crippen LogP contribution is -2.50. The highest BCUT2D eigenvalue weighted by atomic mass is 19.3. The third-order valence-corrected chi connectivity index (χ3v) is 4.44. The van der Waals surface area contributed by atoms with E-state index < -0.39 is 47.1 Å². The zero-order chi connectivity index (χ0) is 21.6. The van der Waals surface area contributed by atoms with Gasteiger partial charge in [0, 0.05) is 11.1 Å². The maximum atomic E-state index is 13.8. The van der Waals surface area contributed by atoms with E-state index in [1.54, 1.807) is 0 Å². The van der Waals surface area contributed by atoms with Gasteiger partial charge in [-0.05, 0) is 45.0 Å². The Morgan fingerprint density at radius 2 is 1.72 bits per heavy atom. The Hall–Kier alpha value is -3.10. The van der Waals surface area contributed by atoms with E-state index in [0.717, 1.165) is 18.2 Å². The number of carbonyl (C=O) groups is 2. The maximum absolute atomic E-state index is 13.8. The van der Waals surface area contributed by atoms with Gasteiger partial charge in [0.2, 0.25) is 0 Å². The van der Waals surface area contributed by atoms with Crippen molar-refractivity contribution in [3.8, 4) is 11.5 Å². The molecule has 9 heteroatoms. The first-order valence-corrected chi connectivity index (χ1v) is 8.57. The summed E-state index contributed by atoms with van der Waals surface area (Å²) in [5.41, 5.74) is -2.36. The monoisotopic (exact) mass is 411 g/mol. The van der Waals surface area contributed by atoms with Gasteiger partial charge in [0.15, 0.2) is 23.9 Å². The molecule has 0 aromatic heterocycles. The van der Waals surface area contributed by atoms with Crippen LogP contribution in [-0.4, -0.2) is 29.9 Å². The van der Waals surface area contributed by atoms with Gasteiger partial charge in [-0.1, -0.05) is 6.07 Å². The number of carbonyl (C=O) groups excluding carboxylic acids is 2. The summed E-state index contributed by atoms with van der Waals surface area (Å²) in [5, 5.41) is 2.29. The minimum Gasteiger partial charge on any atom is -0.479 e. The molecule has 0 radical (unpaired) electrons. The number of halogens is 4. The van der Waals surface area contributed by atoms with Crippen molar-refractivity contribution in [1.82, 2.24) is 5.32 Å². The number of ketones is 1. The molecule has 5 nitrogen and oxygen atoms in total. The third kappa shape index (κ3) is 3.90. The molecule has 0 aliphatic carbocycles. The average molecular weight is 411 g/mol. The fourth-order valence-electron chi connectivity index (χ4n) is 2.95. The number of alkyl halides is 2. The van der Waals surface area contributed by atoms with Crippen LogP contribution in [0, 0.1) is 18.6 Å². The molecule has 0 saturated heterocycles. The molecular weight excluding hydrogens is 394 g/mol. The molecule has 1 aliphatic rings. The van der Waals surface area contributed by atoms with Gasteiger partial charge in [0.05, 0.1) is 5.54 Å². The first-order chi connectivity index (χ1) is 13.4. The van der Waals surface area contributed by atoms with Crippen LogP contribution in [0.4, 0.5) is 17.6 Å². The number of rotatable bonds is 4. The molecule has 1 N–H and O–H groups in total. The van der Waals surface area contributed by atoms with Crippen LogP contribution < -0.4 is 14.8 Å². The molecule has 2 aromatic carbocycles. The minimum atomic E-state index is -3.55. The topological polar surface area (TPSA) is 64.6 Å². The number of benzene rings is 2. The molecule has 3 rings (SSSR count). The second kappa shape index (κ2) is 7.06. The number of amides is 1. The van der Waals surface area contributed by atoms with Crippen LogP contribution in [0.5, 0.6) is 11.5 Å². The van der Waals surface area contributed by atoms with Gasteiger partial charge < -0.3 is 14.8 Å². The molecule has 0 atom stereocenters. The second-order valence-corrected chi connectivity index (χ2v) is 7.10. The summed E-state index contributed by atoms with van der Waals surface area (Å²) in [6.45, 7) is 3.10. The minimum absolute atomic E-state index is 0.00986. The molecule has 154 valence electrons. The maximum Gasteiger partial charge on any atom is 0.433 e. The Bertz CT molecular complexity index is 984. The Morgan fingerprint density at radius 3 is 2.34 bits per heavy atom. The number of fused-ring (bicyclic) bond motifs is 1. The Morgan fingerprint density at radius 1 is 1.10 bits per heavy atom. The van der Waals surface area contributed by atoms with Crippen molar-refractivity contribution in [2.24, 2.45) is 0 Å². The van der Waals surface area contributed by atoms with E-state index in [1.165, 1.54) is 32.9 Å². The van der Waals surface area contributed by atoms with Crippen molar-refractivity contribution in [1.29, 1.82) is 0 Å². The standard InChI is InChI=1S/C20H17F4NO4/c1-10-11(7-8-14-16(10)29-20(23,24)9-28-14)17(26)19(2,3)25-18(27)15-12(21)5-4-6-13(15)22/h4-8H,9H2,1-3H3,(H,25,27). The first-order valence-electron chi connectivity index (χ1n) is 8.57. The summed E-state index contributed by atoms with van der Waals surface area (Å²) in [6.07, 6.45) is -3.55. The van der Waals surface area contributed by atoms with Crippen molar-refractivity contribution >= 4 is 11.7 Å².